The van der Waals surface area contributed by atoms with Gasteiger partial charge in [-0.2, -0.15) is 0 Å². The van der Waals surface area contributed by atoms with Gasteiger partial charge in [0, 0.05) is 18.4 Å². The summed E-state index contributed by atoms with van der Waals surface area (Å²) in [5.74, 6) is 1.25. The monoisotopic (exact) mass is 390 g/mol. The highest BCUT2D eigenvalue weighted by Gasteiger charge is 2.15. The van der Waals surface area contributed by atoms with Crippen LogP contribution in [0.2, 0.25) is 0 Å². The summed E-state index contributed by atoms with van der Waals surface area (Å²) in [5, 5.41) is 9.23. The predicted octanol–water partition coefficient (Wildman–Crippen LogP) is 4.29. The van der Waals surface area contributed by atoms with E-state index in [0.29, 0.717) is 10.9 Å². The summed E-state index contributed by atoms with van der Waals surface area (Å²) in [7, 11) is 3.22. The third-order valence-corrected chi connectivity index (χ3v) is 5.32. The molecule has 136 valence electrons. The average Bonchev–Trinajstić information content (AvgIpc) is 3.21. The van der Waals surface area contributed by atoms with Crippen LogP contribution >= 0.6 is 22.7 Å². The van der Waals surface area contributed by atoms with Crippen molar-refractivity contribution in [1.82, 2.24) is 9.97 Å². The minimum Gasteiger partial charge on any atom is -0.497 e. The molecule has 1 aromatic carbocycles. The standard InChI is InChI=1S/C17H18N4O3S2/c1-9-15(26-17(18-9)19-10(2)22)13-8-25-16(21-13)20-12-6-5-11(23-3)7-14(12)24-4/h5-8H,1-4H3,(H,20,21)(H,18,19,22). The van der Waals surface area contributed by atoms with Crippen molar-refractivity contribution in [2.45, 2.75) is 13.8 Å². The third-order valence-electron chi connectivity index (χ3n) is 3.47. The Bertz CT molecular complexity index is 936. The number of benzene rings is 1. The molecule has 0 aliphatic heterocycles. The normalized spacial score (nSPS) is 10.5. The molecule has 0 atom stereocenters. The first kappa shape index (κ1) is 18.2. The Labute approximate surface area is 159 Å². The first-order chi connectivity index (χ1) is 12.5. The number of methoxy groups -OCH3 is 2. The maximum absolute atomic E-state index is 11.2. The summed E-state index contributed by atoms with van der Waals surface area (Å²) in [6.45, 7) is 3.36. The Balaban J connectivity index is 1.83. The number of carbonyl (C=O) groups excluding carboxylic acids is 1. The van der Waals surface area contributed by atoms with E-state index in [9.17, 15) is 4.79 Å². The summed E-state index contributed by atoms with van der Waals surface area (Å²) < 4.78 is 10.6. The highest BCUT2D eigenvalue weighted by molar-refractivity contribution is 7.20. The van der Waals surface area contributed by atoms with Gasteiger partial charge >= 0.3 is 0 Å². The topological polar surface area (TPSA) is 85.4 Å². The maximum atomic E-state index is 11.2. The van der Waals surface area contributed by atoms with Gasteiger partial charge in [-0.3, -0.25) is 4.79 Å². The molecule has 2 heterocycles. The fourth-order valence-corrected chi connectivity index (χ4v) is 4.05. The van der Waals surface area contributed by atoms with E-state index in [1.54, 1.807) is 14.2 Å². The van der Waals surface area contributed by atoms with Gasteiger partial charge in [0.05, 0.1) is 36.2 Å². The number of anilines is 3. The molecule has 0 fully saturated rings. The van der Waals surface area contributed by atoms with Crippen LogP contribution in [0.4, 0.5) is 16.0 Å². The van der Waals surface area contributed by atoms with E-state index in [2.05, 4.69) is 20.6 Å². The molecule has 2 aromatic heterocycles. The lowest BCUT2D eigenvalue weighted by molar-refractivity contribution is -0.114. The van der Waals surface area contributed by atoms with Crippen LogP contribution in [0.1, 0.15) is 12.6 Å². The molecule has 9 heteroatoms. The van der Waals surface area contributed by atoms with Crippen LogP contribution in [0.3, 0.4) is 0 Å². The Morgan fingerprint density at radius 3 is 2.65 bits per heavy atom. The Morgan fingerprint density at radius 2 is 1.96 bits per heavy atom. The summed E-state index contributed by atoms with van der Waals surface area (Å²) >= 11 is 2.89. The first-order valence-corrected chi connectivity index (χ1v) is 9.39. The van der Waals surface area contributed by atoms with E-state index < -0.39 is 0 Å². The van der Waals surface area contributed by atoms with Crippen molar-refractivity contribution < 1.29 is 14.3 Å². The molecule has 3 rings (SSSR count). The largest absolute Gasteiger partial charge is 0.497 e. The highest BCUT2D eigenvalue weighted by atomic mass is 32.1. The average molecular weight is 390 g/mol. The second-order valence-corrected chi connectivity index (χ2v) is 7.20. The molecule has 1 amide bonds. The van der Waals surface area contributed by atoms with Crippen molar-refractivity contribution in [3.63, 3.8) is 0 Å². The molecule has 0 bridgehead atoms. The highest BCUT2D eigenvalue weighted by Crippen LogP contribution is 2.37. The van der Waals surface area contributed by atoms with Crippen molar-refractivity contribution in [2.75, 3.05) is 24.9 Å². The van der Waals surface area contributed by atoms with Gasteiger partial charge < -0.3 is 20.1 Å². The fraction of sp³-hybridized carbons (Fsp3) is 0.235. The lowest BCUT2D eigenvalue weighted by Crippen LogP contribution is -2.04. The second kappa shape index (κ2) is 7.71. The molecule has 0 radical (unpaired) electrons. The minimum atomic E-state index is -0.141. The summed E-state index contributed by atoms with van der Waals surface area (Å²) in [4.78, 5) is 21.1. The van der Waals surface area contributed by atoms with Crippen LogP contribution in [0.25, 0.3) is 10.6 Å². The van der Waals surface area contributed by atoms with Gasteiger partial charge in [-0.15, -0.1) is 11.3 Å². The maximum Gasteiger partial charge on any atom is 0.223 e. The van der Waals surface area contributed by atoms with Crippen LogP contribution < -0.4 is 20.1 Å². The van der Waals surface area contributed by atoms with Crippen molar-refractivity contribution in [3.05, 3.63) is 29.3 Å². The number of aryl methyl sites for hydroxylation is 1. The summed E-state index contributed by atoms with van der Waals surface area (Å²) in [6, 6.07) is 5.54. The SMILES string of the molecule is COc1ccc(Nc2nc(-c3sc(NC(C)=O)nc3C)cs2)c(OC)c1. The van der Waals surface area contributed by atoms with E-state index in [1.165, 1.54) is 29.6 Å². The predicted molar refractivity (Wildman–Crippen MR) is 105 cm³/mol. The molecule has 0 spiro atoms. The lowest BCUT2D eigenvalue weighted by atomic mass is 10.2. The molecule has 0 saturated heterocycles. The number of amides is 1. The van der Waals surface area contributed by atoms with Gasteiger partial charge in [-0.05, 0) is 19.1 Å². The molecular weight excluding hydrogens is 372 g/mol. The van der Waals surface area contributed by atoms with Crippen molar-refractivity contribution in [3.8, 4) is 22.1 Å². The molecule has 0 unspecified atom stereocenters. The Morgan fingerprint density at radius 1 is 1.15 bits per heavy atom. The van der Waals surface area contributed by atoms with Gasteiger partial charge in [0.2, 0.25) is 5.91 Å². The number of hydrogen-bond donors (Lipinski definition) is 2. The van der Waals surface area contributed by atoms with Crippen molar-refractivity contribution in [1.29, 1.82) is 0 Å². The number of nitrogens with one attached hydrogen (secondary N) is 2. The van der Waals surface area contributed by atoms with Crippen LogP contribution in [0.5, 0.6) is 11.5 Å². The summed E-state index contributed by atoms with van der Waals surface area (Å²) in [6.07, 6.45) is 0. The Kier molecular flexibility index (Phi) is 5.38. The third kappa shape index (κ3) is 3.94. The van der Waals surface area contributed by atoms with Gasteiger partial charge in [0.15, 0.2) is 10.3 Å². The lowest BCUT2D eigenvalue weighted by Gasteiger charge is -2.10. The molecule has 0 saturated carbocycles. The number of aromatic nitrogens is 2. The zero-order chi connectivity index (χ0) is 18.7. The molecule has 3 aromatic rings. The number of nitrogens with zero attached hydrogens (tertiary/aromatic N) is 2. The number of rotatable bonds is 6. The van der Waals surface area contributed by atoms with Crippen LogP contribution in [-0.4, -0.2) is 30.1 Å². The summed E-state index contributed by atoms with van der Waals surface area (Å²) in [5.41, 5.74) is 2.45. The first-order valence-electron chi connectivity index (χ1n) is 7.70. The second-order valence-electron chi connectivity index (χ2n) is 5.34. The van der Waals surface area contributed by atoms with Crippen molar-refractivity contribution >= 4 is 44.5 Å². The fourth-order valence-electron chi connectivity index (χ4n) is 2.29. The number of thiazole rings is 2. The van der Waals surface area contributed by atoms with Gasteiger partial charge in [-0.1, -0.05) is 11.3 Å². The van der Waals surface area contributed by atoms with Gasteiger partial charge in [0.25, 0.3) is 0 Å². The molecule has 2 N–H and O–H groups in total. The van der Waals surface area contributed by atoms with E-state index in [4.69, 9.17) is 9.47 Å². The number of hydrogen-bond acceptors (Lipinski definition) is 8. The van der Waals surface area contributed by atoms with E-state index >= 15 is 0 Å². The van der Waals surface area contributed by atoms with Gasteiger partial charge in [0.1, 0.15) is 11.5 Å². The Hall–Kier alpha value is -2.65. The number of ether oxygens (including phenoxy) is 2. The van der Waals surface area contributed by atoms with Crippen molar-refractivity contribution in [2.24, 2.45) is 0 Å². The van der Waals surface area contributed by atoms with Crippen LogP contribution in [-0.2, 0) is 4.79 Å². The van der Waals surface area contributed by atoms with E-state index in [1.807, 2.05) is 30.5 Å². The minimum absolute atomic E-state index is 0.141. The smallest absolute Gasteiger partial charge is 0.223 e. The van der Waals surface area contributed by atoms with Crippen LogP contribution in [0, 0.1) is 6.92 Å². The van der Waals surface area contributed by atoms with Crippen LogP contribution in [0.15, 0.2) is 23.6 Å². The molecule has 0 aliphatic rings. The zero-order valence-electron chi connectivity index (χ0n) is 14.7. The molecule has 26 heavy (non-hydrogen) atoms. The quantitative estimate of drug-likeness (QED) is 0.653. The van der Waals surface area contributed by atoms with E-state index in [-0.39, 0.29) is 5.91 Å². The van der Waals surface area contributed by atoms with Gasteiger partial charge in [-0.25, -0.2) is 9.97 Å². The number of carbonyl (C=O) groups is 1. The molecular formula is C17H18N4O3S2. The van der Waals surface area contributed by atoms with E-state index in [0.717, 1.165) is 32.8 Å². The molecule has 7 nitrogen and oxygen atoms in total. The molecule has 0 aliphatic carbocycles. The zero-order valence-corrected chi connectivity index (χ0v) is 16.4.